The van der Waals surface area contributed by atoms with Gasteiger partial charge in [-0.05, 0) is 40.0 Å². The van der Waals surface area contributed by atoms with Gasteiger partial charge in [0.2, 0.25) is 0 Å². The van der Waals surface area contributed by atoms with Crippen molar-refractivity contribution in [3.05, 3.63) is 53.1 Å². The van der Waals surface area contributed by atoms with Gasteiger partial charge >= 0.3 is 0 Å². The van der Waals surface area contributed by atoms with E-state index in [1.165, 1.54) is 22.3 Å². The summed E-state index contributed by atoms with van der Waals surface area (Å²) < 4.78 is 0. The highest BCUT2D eigenvalue weighted by Gasteiger charge is 2.22. The van der Waals surface area contributed by atoms with Crippen molar-refractivity contribution in [2.75, 3.05) is 0 Å². The number of aromatic nitrogens is 2. The maximum Gasteiger partial charge on any atom is 0.139 e. The van der Waals surface area contributed by atoms with Crippen LogP contribution in [0.4, 0.5) is 0 Å². The van der Waals surface area contributed by atoms with Gasteiger partial charge in [0.05, 0.1) is 11.0 Å². The van der Waals surface area contributed by atoms with E-state index >= 15 is 0 Å². The van der Waals surface area contributed by atoms with Gasteiger partial charge in [-0.3, -0.25) is 0 Å². The summed E-state index contributed by atoms with van der Waals surface area (Å²) in [7, 11) is 0. The fraction of sp³-hybridized carbons (Fsp3) is 0.435. The van der Waals surface area contributed by atoms with Gasteiger partial charge in [0, 0.05) is 5.56 Å². The first-order valence-electron chi connectivity index (χ1n) is 9.32. The lowest BCUT2D eigenvalue weighted by molar-refractivity contribution is 0.595. The molecule has 0 aliphatic rings. The van der Waals surface area contributed by atoms with Crippen LogP contribution in [0.2, 0.25) is 0 Å². The molecule has 3 aromatic rings. The molecule has 1 aromatic heterocycles. The fourth-order valence-corrected chi connectivity index (χ4v) is 3.58. The third kappa shape index (κ3) is 3.22. The molecule has 0 fully saturated rings. The largest absolute Gasteiger partial charge is 0.338 e. The van der Waals surface area contributed by atoms with Crippen LogP contribution < -0.4 is 0 Å². The number of H-pyrrole nitrogens is 1. The van der Waals surface area contributed by atoms with Crippen LogP contribution in [0.1, 0.15) is 77.0 Å². The summed E-state index contributed by atoms with van der Waals surface area (Å²) in [5.41, 5.74) is 7.59. The first kappa shape index (κ1) is 17.7. The molecule has 0 saturated heterocycles. The zero-order chi connectivity index (χ0) is 18.4. The second kappa shape index (κ2) is 6.33. The van der Waals surface area contributed by atoms with E-state index in [2.05, 4.69) is 89.8 Å². The smallest absolute Gasteiger partial charge is 0.139 e. The van der Waals surface area contributed by atoms with Gasteiger partial charge < -0.3 is 4.98 Å². The summed E-state index contributed by atoms with van der Waals surface area (Å²) in [5.74, 6) is 1.92. The molecule has 2 nitrogen and oxygen atoms in total. The van der Waals surface area contributed by atoms with E-state index in [1.54, 1.807) is 0 Å². The van der Waals surface area contributed by atoms with Gasteiger partial charge in [0.25, 0.3) is 0 Å². The lowest BCUT2D eigenvalue weighted by Gasteiger charge is -2.19. The normalized spacial score (nSPS) is 12.5. The molecule has 1 heterocycles. The Morgan fingerprint density at radius 3 is 1.92 bits per heavy atom. The van der Waals surface area contributed by atoms with E-state index < -0.39 is 0 Å². The molecule has 2 heteroatoms. The predicted octanol–water partition coefficient (Wildman–Crippen LogP) is 6.77. The second-order valence-electron chi connectivity index (χ2n) is 8.66. The van der Waals surface area contributed by atoms with Crippen LogP contribution >= 0.6 is 0 Å². The highest BCUT2D eigenvalue weighted by molar-refractivity contribution is 5.84. The molecular weight excluding hydrogens is 304 g/mol. The van der Waals surface area contributed by atoms with E-state index in [4.69, 9.17) is 4.98 Å². The zero-order valence-electron chi connectivity index (χ0n) is 16.6. The first-order chi connectivity index (χ1) is 11.7. The summed E-state index contributed by atoms with van der Waals surface area (Å²) in [6, 6.07) is 13.1. The monoisotopic (exact) mass is 334 g/mol. The maximum absolute atomic E-state index is 5.08. The minimum Gasteiger partial charge on any atom is -0.338 e. The average Bonchev–Trinajstić information content (AvgIpc) is 2.96. The Morgan fingerprint density at radius 2 is 1.40 bits per heavy atom. The Labute approximate surface area is 151 Å². The number of aromatic amines is 1. The highest BCUT2D eigenvalue weighted by Crippen LogP contribution is 2.37. The van der Waals surface area contributed by atoms with Gasteiger partial charge in [-0.1, -0.05) is 78.8 Å². The number of hydrogen-bond donors (Lipinski definition) is 1. The summed E-state index contributed by atoms with van der Waals surface area (Å²) in [6.07, 6.45) is 0. The number of benzene rings is 2. The molecule has 0 bridgehead atoms. The Morgan fingerprint density at radius 1 is 0.840 bits per heavy atom. The second-order valence-corrected chi connectivity index (χ2v) is 8.66. The van der Waals surface area contributed by atoms with Gasteiger partial charge in [-0.15, -0.1) is 0 Å². The van der Waals surface area contributed by atoms with Crippen LogP contribution in [0.3, 0.4) is 0 Å². The Hall–Kier alpha value is -2.09. The molecule has 0 saturated carbocycles. The minimum atomic E-state index is 0.0738. The summed E-state index contributed by atoms with van der Waals surface area (Å²) in [4.78, 5) is 8.68. The van der Waals surface area contributed by atoms with Crippen LogP contribution in [0.5, 0.6) is 0 Å². The van der Waals surface area contributed by atoms with Gasteiger partial charge in [-0.25, -0.2) is 4.98 Å². The molecule has 0 amide bonds. The van der Waals surface area contributed by atoms with Crippen LogP contribution in [0.15, 0.2) is 36.4 Å². The molecule has 1 N–H and O–H groups in total. The Balaban J connectivity index is 2.31. The molecule has 3 rings (SSSR count). The lowest BCUT2D eigenvalue weighted by Crippen LogP contribution is -2.11. The topological polar surface area (TPSA) is 28.7 Å². The number of fused-ring (bicyclic) bond motifs is 1. The molecule has 0 radical (unpaired) electrons. The van der Waals surface area contributed by atoms with E-state index in [-0.39, 0.29) is 5.41 Å². The molecule has 0 aliphatic heterocycles. The van der Waals surface area contributed by atoms with Gasteiger partial charge in [0.1, 0.15) is 5.82 Å². The van der Waals surface area contributed by atoms with Crippen molar-refractivity contribution in [3.8, 4) is 11.4 Å². The van der Waals surface area contributed by atoms with E-state index in [0.29, 0.717) is 11.8 Å². The highest BCUT2D eigenvalue weighted by atomic mass is 14.9. The number of hydrogen-bond acceptors (Lipinski definition) is 1. The van der Waals surface area contributed by atoms with Crippen LogP contribution in [0.25, 0.3) is 22.4 Å². The molecule has 0 unspecified atom stereocenters. The minimum absolute atomic E-state index is 0.0738. The standard InChI is InChI=1S/C23H30N2/c1-14(2)16-10-8-11-17(15(3)4)20(16)22-24-19-13-9-12-18(21(19)25-22)23(5,6)7/h8-15H,1-7H3,(H,24,25). The van der Waals surface area contributed by atoms with Crippen molar-refractivity contribution in [2.24, 2.45) is 0 Å². The fourth-order valence-electron chi connectivity index (χ4n) is 3.58. The number of nitrogens with one attached hydrogen (secondary N) is 1. The van der Waals surface area contributed by atoms with Crippen molar-refractivity contribution >= 4 is 11.0 Å². The van der Waals surface area contributed by atoms with Gasteiger partial charge in [-0.2, -0.15) is 0 Å². The molecule has 2 aromatic carbocycles. The van der Waals surface area contributed by atoms with Crippen molar-refractivity contribution in [1.82, 2.24) is 9.97 Å². The SMILES string of the molecule is CC(C)c1cccc(C(C)C)c1-c1nc2c(C(C)(C)C)cccc2[nH]1. The number of rotatable bonds is 3. The molecule has 0 aliphatic carbocycles. The van der Waals surface area contributed by atoms with E-state index in [9.17, 15) is 0 Å². The summed E-state index contributed by atoms with van der Waals surface area (Å²) >= 11 is 0. The summed E-state index contributed by atoms with van der Waals surface area (Å²) in [6.45, 7) is 15.8. The molecule has 132 valence electrons. The number of nitrogens with zero attached hydrogens (tertiary/aromatic N) is 1. The van der Waals surface area contributed by atoms with Gasteiger partial charge in [0.15, 0.2) is 0 Å². The van der Waals surface area contributed by atoms with Crippen LogP contribution in [-0.2, 0) is 5.41 Å². The Bertz CT molecular complexity index is 866. The molecular formula is C23H30N2. The number of imidazole rings is 1. The average molecular weight is 335 g/mol. The zero-order valence-corrected chi connectivity index (χ0v) is 16.6. The maximum atomic E-state index is 5.08. The first-order valence-corrected chi connectivity index (χ1v) is 9.32. The molecule has 0 spiro atoms. The number of para-hydroxylation sites is 1. The van der Waals surface area contributed by atoms with E-state index in [0.717, 1.165) is 16.9 Å². The molecule has 0 atom stereocenters. The summed E-state index contributed by atoms with van der Waals surface area (Å²) in [5, 5.41) is 0. The lowest BCUT2D eigenvalue weighted by atomic mass is 9.86. The molecule has 25 heavy (non-hydrogen) atoms. The van der Waals surface area contributed by atoms with Crippen molar-refractivity contribution in [2.45, 2.75) is 65.7 Å². The van der Waals surface area contributed by atoms with Crippen molar-refractivity contribution in [1.29, 1.82) is 0 Å². The third-order valence-electron chi connectivity index (χ3n) is 4.93. The van der Waals surface area contributed by atoms with Crippen LogP contribution in [0, 0.1) is 0 Å². The van der Waals surface area contributed by atoms with Crippen LogP contribution in [-0.4, -0.2) is 9.97 Å². The van der Waals surface area contributed by atoms with Crippen molar-refractivity contribution in [3.63, 3.8) is 0 Å². The Kier molecular flexibility index (Phi) is 4.49. The quantitative estimate of drug-likeness (QED) is 0.562. The van der Waals surface area contributed by atoms with E-state index in [1.807, 2.05) is 0 Å². The predicted molar refractivity (Wildman–Crippen MR) is 108 cm³/mol. The van der Waals surface area contributed by atoms with Crippen molar-refractivity contribution < 1.29 is 0 Å². The third-order valence-corrected chi connectivity index (χ3v) is 4.93.